The molecule has 0 bridgehead atoms. The Balaban J connectivity index is 2.29. The summed E-state index contributed by atoms with van der Waals surface area (Å²) < 4.78 is 13.9. The van der Waals surface area contributed by atoms with Gasteiger partial charge in [-0.25, -0.2) is 4.39 Å². The predicted octanol–water partition coefficient (Wildman–Crippen LogP) is 3.26. The number of halogens is 1. The van der Waals surface area contributed by atoms with Crippen molar-refractivity contribution < 1.29 is 9.18 Å². The fourth-order valence-electron chi connectivity index (χ4n) is 2.50. The minimum Gasteiger partial charge on any atom is -0.366 e. The molecule has 0 aliphatic carbocycles. The summed E-state index contributed by atoms with van der Waals surface area (Å²) in [4.78, 5) is 12.7. The normalized spacial score (nSPS) is 24.8. The highest BCUT2D eigenvalue weighted by Gasteiger charge is 2.26. The highest BCUT2D eigenvalue weighted by Crippen LogP contribution is 2.30. The summed E-state index contributed by atoms with van der Waals surface area (Å²) in [5.41, 5.74) is 1.01. The second-order valence-corrected chi connectivity index (χ2v) is 4.88. The summed E-state index contributed by atoms with van der Waals surface area (Å²) in [6.45, 7) is 5.23. The molecule has 1 fully saturated rings. The van der Waals surface area contributed by atoms with E-state index in [0.29, 0.717) is 29.5 Å². The van der Waals surface area contributed by atoms with E-state index in [2.05, 4.69) is 18.7 Å². The van der Waals surface area contributed by atoms with Crippen molar-refractivity contribution in [1.82, 2.24) is 0 Å². The van der Waals surface area contributed by atoms with Crippen LogP contribution in [0.15, 0.2) is 18.2 Å². The van der Waals surface area contributed by atoms with Crippen molar-refractivity contribution >= 4 is 12.0 Å². The Labute approximate surface area is 101 Å². The molecule has 1 aromatic carbocycles. The molecule has 2 rings (SSSR count). The molecule has 0 N–H and O–H groups in total. The van der Waals surface area contributed by atoms with Crippen LogP contribution in [0.5, 0.6) is 0 Å². The number of nitrogens with zero attached hydrogens (tertiary/aromatic N) is 1. The van der Waals surface area contributed by atoms with Gasteiger partial charge >= 0.3 is 0 Å². The van der Waals surface area contributed by atoms with Crippen LogP contribution in [0.2, 0.25) is 0 Å². The van der Waals surface area contributed by atoms with Crippen LogP contribution in [-0.2, 0) is 0 Å². The number of aldehydes is 1. The molecule has 17 heavy (non-hydrogen) atoms. The number of carbonyl (C=O) groups is 1. The third-order valence-electron chi connectivity index (χ3n) is 3.79. The molecule has 2 unspecified atom stereocenters. The molecule has 0 radical (unpaired) electrons. The van der Waals surface area contributed by atoms with Crippen LogP contribution in [0.25, 0.3) is 0 Å². The fraction of sp³-hybridized carbons (Fsp3) is 0.500. The van der Waals surface area contributed by atoms with Crippen molar-refractivity contribution in [3.8, 4) is 0 Å². The van der Waals surface area contributed by atoms with Crippen molar-refractivity contribution in [2.75, 3.05) is 11.4 Å². The summed E-state index contributed by atoms with van der Waals surface area (Å²) in [5, 5.41) is 0. The molecule has 92 valence electrons. The molecular weight excluding hydrogens is 217 g/mol. The van der Waals surface area contributed by atoms with Crippen LogP contribution in [0.4, 0.5) is 10.1 Å². The molecule has 2 atom stereocenters. The Morgan fingerprint density at radius 2 is 2.18 bits per heavy atom. The minimum absolute atomic E-state index is 0.296. The van der Waals surface area contributed by atoms with E-state index >= 15 is 0 Å². The zero-order chi connectivity index (χ0) is 12.4. The van der Waals surface area contributed by atoms with Gasteiger partial charge in [-0.05, 0) is 43.9 Å². The molecule has 3 heteroatoms. The van der Waals surface area contributed by atoms with E-state index in [0.717, 1.165) is 13.0 Å². The lowest BCUT2D eigenvalue weighted by Gasteiger charge is -2.39. The van der Waals surface area contributed by atoms with E-state index in [1.54, 1.807) is 12.1 Å². The van der Waals surface area contributed by atoms with Gasteiger partial charge in [-0.2, -0.15) is 0 Å². The Morgan fingerprint density at radius 3 is 2.82 bits per heavy atom. The van der Waals surface area contributed by atoms with Crippen LogP contribution in [0.3, 0.4) is 0 Å². The maximum absolute atomic E-state index is 13.9. The van der Waals surface area contributed by atoms with Crippen LogP contribution in [0, 0.1) is 11.7 Å². The van der Waals surface area contributed by atoms with Gasteiger partial charge in [-0.15, -0.1) is 0 Å². The first-order valence-corrected chi connectivity index (χ1v) is 6.15. The molecule has 0 amide bonds. The zero-order valence-electron chi connectivity index (χ0n) is 10.3. The van der Waals surface area contributed by atoms with Gasteiger partial charge in [0.05, 0.1) is 5.69 Å². The van der Waals surface area contributed by atoms with Crippen LogP contribution < -0.4 is 4.90 Å². The fourth-order valence-corrected chi connectivity index (χ4v) is 2.50. The molecule has 0 spiro atoms. The van der Waals surface area contributed by atoms with E-state index in [1.165, 1.54) is 12.5 Å². The summed E-state index contributed by atoms with van der Waals surface area (Å²) in [5.74, 6) is 0.282. The standard InChI is InChI=1S/C14H18FNO/c1-10-4-3-7-16(11(10)2)14-6-5-12(9-17)8-13(14)15/h5-6,8-11H,3-4,7H2,1-2H3. The third-order valence-corrected chi connectivity index (χ3v) is 3.79. The summed E-state index contributed by atoms with van der Waals surface area (Å²) >= 11 is 0. The van der Waals surface area contributed by atoms with E-state index in [4.69, 9.17) is 0 Å². The number of piperidine rings is 1. The average molecular weight is 235 g/mol. The Hall–Kier alpha value is -1.38. The van der Waals surface area contributed by atoms with Crippen molar-refractivity contribution in [2.24, 2.45) is 5.92 Å². The van der Waals surface area contributed by atoms with Gasteiger partial charge in [0.15, 0.2) is 0 Å². The maximum Gasteiger partial charge on any atom is 0.150 e. The Morgan fingerprint density at radius 1 is 1.41 bits per heavy atom. The molecule has 2 nitrogen and oxygen atoms in total. The first-order valence-electron chi connectivity index (χ1n) is 6.15. The number of benzene rings is 1. The van der Waals surface area contributed by atoms with Crippen LogP contribution in [0.1, 0.15) is 37.0 Å². The molecular formula is C14H18FNO. The third kappa shape index (κ3) is 2.33. The zero-order valence-corrected chi connectivity index (χ0v) is 10.3. The number of rotatable bonds is 2. The van der Waals surface area contributed by atoms with Gasteiger partial charge < -0.3 is 4.90 Å². The number of hydrogen-bond donors (Lipinski definition) is 0. The second kappa shape index (κ2) is 4.86. The molecule has 1 heterocycles. The van der Waals surface area contributed by atoms with Crippen molar-refractivity contribution in [3.63, 3.8) is 0 Å². The summed E-state index contributed by atoms with van der Waals surface area (Å²) in [7, 11) is 0. The molecule has 1 aromatic rings. The topological polar surface area (TPSA) is 20.3 Å². The molecule has 1 saturated heterocycles. The van der Waals surface area contributed by atoms with Gasteiger partial charge in [0.2, 0.25) is 0 Å². The molecule has 1 aliphatic rings. The van der Waals surface area contributed by atoms with Crippen molar-refractivity contribution in [1.29, 1.82) is 0 Å². The van der Waals surface area contributed by atoms with Gasteiger partial charge in [-0.1, -0.05) is 6.92 Å². The maximum atomic E-state index is 13.9. The first kappa shape index (κ1) is 12.1. The molecule has 0 aromatic heterocycles. The minimum atomic E-state index is -0.296. The SMILES string of the molecule is CC1CCCN(c2ccc(C=O)cc2F)C1C. The quantitative estimate of drug-likeness (QED) is 0.733. The van der Waals surface area contributed by atoms with Gasteiger partial charge in [0, 0.05) is 18.2 Å². The van der Waals surface area contributed by atoms with E-state index < -0.39 is 0 Å². The van der Waals surface area contributed by atoms with Crippen LogP contribution >= 0.6 is 0 Å². The number of hydrogen-bond acceptors (Lipinski definition) is 2. The Kier molecular flexibility index (Phi) is 3.46. The largest absolute Gasteiger partial charge is 0.366 e. The van der Waals surface area contributed by atoms with Gasteiger partial charge in [-0.3, -0.25) is 4.79 Å². The summed E-state index contributed by atoms with van der Waals surface area (Å²) in [6.07, 6.45) is 2.97. The van der Waals surface area contributed by atoms with Gasteiger partial charge in [0.1, 0.15) is 12.1 Å². The van der Waals surface area contributed by atoms with E-state index in [9.17, 15) is 9.18 Å². The molecule has 1 aliphatic heterocycles. The monoisotopic (exact) mass is 235 g/mol. The summed E-state index contributed by atoms with van der Waals surface area (Å²) in [6, 6.07) is 5.06. The van der Waals surface area contributed by atoms with E-state index in [1.807, 2.05) is 0 Å². The van der Waals surface area contributed by atoms with Gasteiger partial charge in [0.25, 0.3) is 0 Å². The lowest BCUT2D eigenvalue weighted by atomic mass is 9.91. The number of carbonyl (C=O) groups excluding carboxylic acids is 1. The smallest absolute Gasteiger partial charge is 0.150 e. The highest BCUT2D eigenvalue weighted by molar-refractivity contribution is 5.76. The van der Waals surface area contributed by atoms with Crippen molar-refractivity contribution in [2.45, 2.75) is 32.7 Å². The number of anilines is 1. The van der Waals surface area contributed by atoms with Crippen molar-refractivity contribution in [3.05, 3.63) is 29.6 Å². The predicted molar refractivity (Wildman–Crippen MR) is 67.0 cm³/mol. The Bertz CT molecular complexity index is 419. The van der Waals surface area contributed by atoms with E-state index in [-0.39, 0.29) is 5.82 Å². The first-order chi connectivity index (χ1) is 8.13. The highest BCUT2D eigenvalue weighted by atomic mass is 19.1. The lowest BCUT2D eigenvalue weighted by molar-refractivity contribution is 0.112. The lowest BCUT2D eigenvalue weighted by Crippen LogP contribution is -2.42. The van der Waals surface area contributed by atoms with Crippen LogP contribution in [-0.4, -0.2) is 18.9 Å². The average Bonchev–Trinajstić information content (AvgIpc) is 2.33. The second-order valence-electron chi connectivity index (χ2n) is 4.88. The molecule has 0 saturated carbocycles.